The van der Waals surface area contributed by atoms with E-state index in [-0.39, 0.29) is 12.3 Å². The van der Waals surface area contributed by atoms with Crippen LogP contribution >= 0.6 is 0 Å². The molecule has 3 nitrogen and oxygen atoms in total. The van der Waals surface area contributed by atoms with E-state index in [0.717, 1.165) is 0 Å². The molecule has 1 amide bonds. The van der Waals surface area contributed by atoms with E-state index in [1.54, 1.807) is 0 Å². The molecular weight excluding hydrogens is 161 g/mol. The van der Waals surface area contributed by atoms with E-state index >= 15 is 0 Å². The lowest BCUT2D eigenvalue weighted by molar-refractivity contribution is -0.109. The number of carbonyl (C=O) groups excluding carboxylic acids is 1. The molecule has 1 aromatic carbocycles. The number of benzene rings is 1. The largest absolute Gasteiger partial charge is 0.505 e. The molecule has 0 saturated carbocycles. The van der Waals surface area contributed by atoms with Gasteiger partial charge in [-0.25, -0.2) is 4.39 Å². The first-order valence-electron chi connectivity index (χ1n) is 3.38. The van der Waals surface area contributed by atoms with Gasteiger partial charge in [0.05, 0.1) is 0 Å². The van der Waals surface area contributed by atoms with Crippen LogP contribution in [0.2, 0.25) is 0 Å². The molecule has 1 rings (SSSR count). The van der Waals surface area contributed by atoms with Crippen LogP contribution in [0.25, 0.3) is 0 Å². The van der Waals surface area contributed by atoms with Crippen LogP contribution in [0.1, 0.15) is 5.56 Å². The van der Waals surface area contributed by atoms with E-state index in [1.807, 2.05) is 0 Å². The van der Waals surface area contributed by atoms with Gasteiger partial charge in [0.1, 0.15) is 0 Å². The van der Waals surface area contributed by atoms with Gasteiger partial charge in [-0.05, 0) is 17.7 Å². The van der Waals surface area contributed by atoms with Crippen molar-refractivity contribution in [1.82, 2.24) is 5.32 Å². The second kappa shape index (κ2) is 3.71. The van der Waals surface area contributed by atoms with Gasteiger partial charge < -0.3 is 10.4 Å². The van der Waals surface area contributed by atoms with Gasteiger partial charge in [0, 0.05) is 6.54 Å². The van der Waals surface area contributed by atoms with E-state index in [2.05, 4.69) is 5.32 Å². The van der Waals surface area contributed by atoms with Crippen molar-refractivity contribution in [2.75, 3.05) is 0 Å². The summed E-state index contributed by atoms with van der Waals surface area (Å²) in [4.78, 5) is 9.88. The number of phenols is 1. The maximum absolute atomic E-state index is 12.6. The number of aromatic hydroxyl groups is 1. The van der Waals surface area contributed by atoms with Crippen LogP contribution in [0.15, 0.2) is 18.2 Å². The molecule has 0 heterocycles. The van der Waals surface area contributed by atoms with Crippen LogP contribution in [-0.4, -0.2) is 11.5 Å². The molecule has 0 unspecified atom stereocenters. The van der Waals surface area contributed by atoms with Crippen LogP contribution in [0.3, 0.4) is 0 Å². The Balaban J connectivity index is 2.75. The highest BCUT2D eigenvalue weighted by molar-refractivity contribution is 5.46. The summed E-state index contributed by atoms with van der Waals surface area (Å²) in [6, 6.07) is 3.96. The number of rotatable bonds is 3. The average Bonchev–Trinajstić information content (AvgIpc) is 2.07. The fraction of sp³-hybridized carbons (Fsp3) is 0.125. The molecule has 0 spiro atoms. The normalized spacial score (nSPS) is 9.42. The SMILES string of the molecule is O=CNCc1ccc(O)c(F)c1. The van der Waals surface area contributed by atoms with Crippen LogP contribution < -0.4 is 5.32 Å². The molecule has 0 aromatic heterocycles. The molecule has 1 aromatic rings. The Morgan fingerprint density at radius 2 is 2.33 bits per heavy atom. The highest BCUT2D eigenvalue weighted by atomic mass is 19.1. The van der Waals surface area contributed by atoms with E-state index in [9.17, 15) is 9.18 Å². The van der Waals surface area contributed by atoms with E-state index < -0.39 is 5.82 Å². The Morgan fingerprint density at radius 3 is 2.92 bits per heavy atom. The number of phenolic OH excluding ortho intramolecular Hbond substituents is 1. The third-order valence-electron chi connectivity index (χ3n) is 1.40. The minimum atomic E-state index is -0.680. The zero-order valence-electron chi connectivity index (χ0n) is 6.25. The van der Waals surface area contributed by atoms with Crippen molar-refractivity contribution < 1.29 is 14.3 Å². The summed E-state index contributed by atoms with van der Waals surface area (Å²) in [5.74, 6) is -1.06. The Morgan fingerprint density at radius 1 is 1.58 bits per heavy atom. The van der Waals surface area contributed by atoms with Crippen molar-refractivity contribution in [3.8, 4) is 5.75 Å². The highest BCUT2D eigenvalue weighted by Crippen LogP contribution is 2.15. The number of hydrogen-bond donors (Lipinski definition) is 2. The molecule has 0 bridgehead atoms. The Hall–Kier alpha value is -1.58. The van der Waals surface area contributed by atoms with Gasteiger partial charge in [0.15, 0.2) is 11.6 Å². The lowest BCUT2D eigenvalue weighted by atomic mass is 10.2. The van der Waals surface area contributed by atoms with E-state index in [1.165, 1.54) is 18.2 Å². The molecule has 12 heavy (non-hydrogen) atoms. The quantitative estimate of drug-likeness (QED) is 0.657. The summed E-state index contributed by atoms with van der Waals surface area (Å²) in [6.45, 7) is 0.265. The Bertz CT molecular complexity index is 288. The number of amides is 1. The summed E-state index contributed by atoms with van der Waals surface area (Å²) >= 11 is 0. The Kier molecular flexibility index (Phi) is 2.63. The van der Waals surface area contributed by atoms with Crippen molar-refractivity contribution >= 4 is 6.41 Å². The molecule has 0 atom stereocenters. The molecule has 0 saturated heterocycles. The van der Waals surface area contributed by atoms with Crippen molar-refractivity contribution in [2.24, 2.45) is 0 Å². The predicted molar refractivity (Wildman–Crippen MR) is 41.0 cm³/mol. The van der Waals surface area contributed by atoms with Crippen LogP contribution in [0, 0.1) is 5.82 Å². The van der Waals surface area contributed by atoms with Gasteiger partial charge in [-0.2, -0.15) is 0 Å². The van der Waals surface area contributed by atoms with Gasteiger partial charge in [-0.15, -0.1) is 0 Å². The molecule has 0 radical (unpaired) electrons. The number of hydrogen-bond acceptors (Lipinski definition) is 2. The fourth-order valence-corrected chi connectivity index (χ4v) is 0.820. The van der Waals surface area contributed by atoms with Crippen LogP contribution in [0.5, 0.6) is 5.75 Å². The predicted octanol–water partition coefficient (Wildman–Crippen LogP) is 0.777. The summed E-state index contributed by atoms with van der Waals surface area (Å²) in [7, 11) is 0. The Labute approximate surface area is 68.8 Å². The van der Waals surface area contributed by atoms with Crippen molar-refractivity contribution in [3.63, 3.8) is 0 Å². The van der Waals surface area contributed by atoms with Gasteiger partial charge in [-0.3, -0.25) is 4.79 Å². The summed E-state index contributed by atoms with van der Waals surface area (Å²) in [6.07, 6.45) is 0.533. The van der Waals surface area contributed by atoms with Gasteiger partial charge in [-0.1, -0.05) is 6.07 Å². The standard InChI is InChI=1S/C8H8FNO2/c9-7-3-6(4-10-5-11)1-2-8(7)12/h1-3,5,12H,4H2,(H,10,11). The lowest BCUT2D eigenvalue weighted by Gasteiger charge is -2.00. The zero-order valence-corrected chi connectivity index (χ0v) is 6.25. The first-order valence-corrected chi connectivity index (χ1v) is 3.38. The maximum atomic E-state index is 12.6. The fourth-order valence-electron chi connectivity index (χ4n) is 0.820. The second-order valence-corrected chi connectivity index (χ2v) is 2.28. The first-order chi connectivity index (χ1) is 5.74. The van der Waals surface area contributed by atoms with E-state index in [0.29, 0.717) is 12.0 Å². The monoisotopic (exact) mass is 169 g/mol. The van der Waals surface area contributed by atoms with E-state index in [4.69, 9.17) is 5.11 Å². The van der Waals surface area contributed by atoms with Crippen LogP contribution in [-0.2, 0) is 11.3 Å². The van der Waals surface area contributed by atoms with Crippen molar-refractivity contribution in [1.29, 1.82) is 0 Å². The lowest BCUT2D eigenvalue weighted by Crippen LogP contribution is -2.09. The molecule has 4 heteroatoms. The summed E-state index contributed by atoms with van der Waals surface area (Å²) < 4.78 is 12.6. The minimum absolute atomic E-state index is 0.265. The minimum Gasteiger partial charge on any atom is -0.505 e. The van der Waals surface area contributed by atoms with Gasteiger partial charge in [0.2, 0.25) is 6.41 Å². The van der Waals surface area contributed by atoms with Crippen molar-refractivity contribution in [3.05, 3.63) is 29.6 Å². The maximum Gasteiger partial charge on any atom is 0.207 e. The molecule has 2 N–H and O–H groups in total. The topological polar surface area (TPSA) is 49.3 Å². The summed E-state index contributed by atoms with van der Waals surface area (Å²) in [5.41, 5.74) is 0.609. The van der Waals surface area contributed by atoms with Crippen molar-refractivity contribution in [2.45, 2.75) is 6.54 Å². The molecule has 0 aliphatic heterocycles. The van der Waals surface area contributed by atoms with Crippen LogP contribution in [0.4, 0.5) is 4.39 Å². The zero-order chi connectivity index (χ0) is 8.97. The average molecular weight is 169 g/mol. The third kappa shape index (κ3) is 1.95. The van der Waals surface area contributed by atoms with Gasteiger partial charge in [0.25, 0.3) is 0 Å². The molecule has 0 aliphatic rings. The number of nitrogens with one attached hydrogen (secondary N) is 1. The van der Waals surface area contributed by atoms with Gasteiger partial charge >= 0.3 is 0 Å². The molecular formula is C8H8FNO2. The summed E-state index contributed by atoms with van der Waals surface area (Å²) in [5, 5.41) is 11.2. The molecule has 64 valence electrons. The molecule has 0 fully saturated rings. The third-order valence-corrected chi connectivity index (χ3v) is 1.40. The second-order valence-electron chi connectivity index (χ2n) is 2.28. The number of carbonyl (C=O) groups is 1. The smallest absolute Gasteiger partial charge is 0.207 e. The first kappa shape index (κ1) is 8.52. The number of halogens is 1. The molecule has 0 aliphatic carbocycles. The highest BCUT2D eigenvalue weighted by Gasteiger charge is 1.99.